The lowest BCUT2D eigenvalue weighted by Gasteiger charge is -2.13. The molecule has 0 aromatic heterocycles. The van der Waals surface area contributed by atoms with Crippen LogP contribution in [0.4, 0.5) is 10.5 Å². The molecule has 196 valence electrons. The first-order valence-electron chi connectivity index (χ1n) is 11.2. The van der Waals surface area contributed by atoms with Crippen molar-refractivity contribution in [2.24, 2.45) is 0 Å². The summed E-state index contributed by atoms with van der Waals surface area (Å²) in [5, 5.41) is 10.8. The summed E-state index contributed by atoms with van der Waals surface area (Å²) in [6.07, 6.45) is 1.50. The van der Waals surface area contributed by atoms with Crippen LogP contribution in [0, 0.1) is 24.0 Å². The molecule has 0 bridgehead atoms. The first-order chi connectivity index (χ1) is 18.0. The van der Waals surface area contributed by atoms with Crippen molar-refractivity contribution < 1.29 is 31.9 Å². The number of ether oxygens (including phenoxy) is 1. The molecular weight excluding hydrogens is 532 g/mol. The average molecular weight is 555 g/mol. The molecule has 0 atom stereocenters. The summed E-state index contributed by atoms with van der Waals surface area (Å²) in [6, 6.07) is 15.3. The van der Waals surface area contributed by atoms with Crippen molar-refractivity contribution in [3.05, 3.63) is 97.9 Å². The van der Waals surface area contributed by atoms with Gasteiger partial charge in [-0.1, -0.05) is 42.0 Å². The van der Waals surface area contributed by atoms with Crippen LogP contribution in [-0.2, 0) is 21.5 Å². The number of amides is 2. The molecule has 2 amide bonds. The van der Waals surface area contributed by atoms with Crippen LogP contribution in [0.5, 0.6) is 11.5 Å². The van der Waals surface area contributed by atoms with Gasteiger partial charge in [0, 0.05) is 11.6 Å². The summed E-state index contributed by atoms with van der Waals surface area (Å²) >= 11 is 0.804. The molecule has 0 spiro atoms. The Labute approximate surface area is 223 Å². The standard InChI is InChI=1S/C26H22N2O8S2/c1-16-4-7-18(8-5-16)15-27-25(29)24(37-26(27)30)13-19-9-11-22(23(12-19)35-3)36-38(33,34)20-10-6-17(2)21(14-20)28(31)32/h4-14H,15H2,1-3H3/b24-13-. The van der Waals surface area contributed by atoms with E-state index in [2.05, 4.69) is 0 Å². The van der Waals surface area contributed by atoms with Crippen molar-refractivity contribution in [1.82, 2.24) is 4.90 Å². The summed E-state index contributed by atoms with van der Waals surface area (Å²) in [5.74, 6) is -0.549. The Morgan fingerprint density at radius 3 is 2.37 bits per heavy atom. The van der Waals surface area contributed by atoms with Gasteiger partial charge in [0.05, 0.1) is 23.5 Å². The lowest BCUT2D eigenvalue weighted by atomic mass is 10.1. The largest absolute Gasteiger partial charge is 0.493 e. The number of carbonyl (C=O) groups is 2. The van der Waals surface area contributed by atoms with Gasteiger partial charge in [-0.2, -0.15) is 8.42 Å². The van der Waals surface area contributed by atoms with Gasteiger partial charge in [0.2, 0.25) is 0 Å². The Morgan fingerprint density at radius 1 is 1.00 bits per heavy atom. The van der Waals surface area contributed by atoms with Crippen LogP contribution in [-0.4, -0.2) is 36.5 Å². The Morgan fingerprint density at radius 2 is 1.71 bits per heavy atom. The number of benzene rings is 3. The Hall–Kier alpha value is -4.16. The van der Waals surface area contributed by atoms with Gasteiger partial charge in [-0.25, -0.2) is 0 Å². The minimum atomic E-state index is -4.42. The van der Waals surface area contributed by atoms with Crippen molar-refractivity contribution in [3.8, 4) is 11.5 Å². The zero-order chi connectivity index (χ0) is 27.6. The lowest BCUT2D eigenvalue weighted by Crippen LogP contribution is -2.27. The topological polar surface area (TPSA) is 133 Å². The van der Waals surface area contributed by atoms with E-state index in [9.17, 15) is 28.1 Å². The smallest absolute Gasteiger partial charge is 0.339 e. The Balaban J connectivity index is 1.56. The Kier molecular flexibility index (Phi) is 7.56. The molecule has 1 aliphatic heterocycles. The van der Waals surface area contributed by atoms with Crippen LogP contribution in [0.2, 0.25) is 0 Å². The van der Waals surface area contributed by atoms with E-state index in [1.807, 2.05) is 31.2 Å². The zero-order valence-electron chi connectivity index (χ0n) is 20.5. The van der Waals surface area contributed by atoms with Crippen molar-refractivity contribution >= 4 is 44.8 Å². The number of methoxy groups -OCH3 is 1. The summed E-state index contributed by atoms with van der Waals surface area (Å²) in [4.78, 5) is 36.9. The maximum Gasteiger partial charge on any atom is 0.339 e. The fraction of sp³-hybridized carbons (Fsp3) is 0.154. The number of nitro benzene ring substituents is 1. The monoisotopic (exact) mass is 554 g/mol. The number of thioether (sulfide) groups is 1. The van der Waals surface area contributed by atoms with Gasteiger partial charge >= 0.3 is 10.1 Å². The molecule has 3 aromatic carbocycles. The van der Waals surface area contributed by atoms with Crippen LogP contribution in [0.3, 0.4) is 0 Å². The molecule has 0 radical (unpaired) electrons. The fourth-order valence-corrected chi connectivity index (χ4v) is 5.41. The second-order valence-electron chi connectivity index (χ2n) is 8.41. The number of hydrogen-bond donors (Lipinski definition) is 0. The van der Waals surface area contributed by atoms with E-state index in [1.54, 1.807) is 0 Å². The molecule has 1 saturated heterocycles. The number of nitro groups is 1. The maximum atomic E-state index is 12.9. The van der Waals surface area contributed by atoms with Gasteiger partial charge in [0.1, 0.15) is 4.90 Å². The number of imide groups is 1. The molecule has 10 nitrogen and oxygen atoms in total. The number of rotatable bonds is 8. The van der Waals surface area contributed by atoms with Crippen LogP contribution in [0.15, 0.2) is 70.5 Å². The first kappa shape index (κ1) is 26.9. The molecule has 0 aliphatic carbocycles. The molecule has 4 rings (SSSR count). The highest BCUT2D eigenvalue weighted by atomic mass is 32.2. The van der Waals surface area contributed by atoms with E-state index in [-0.39, 0.29) is 33.5 Å². The third-order valence-electron chi connectivity index (χ3n) is 5.69. The van der Waals surface area contributed by atoms with Gasteiger partial charge in [0.25, 0.3) is 16.8 Å². The van der Waals surface area contributed by atoms with Gasteiger partial charge in [-0.15, -0.1) is 0 Å². The van der Waals surface area contributed by atoms with E-state index < -0.39 is 26.2 Å². The minimum absolute atomic E-state index is 0.0443. The predicted molar refractivity (Wildman–Crippen MR) is 141 cm³/mol. The summed E-state index contributed by atoms with van der Waals surface area (Å²) < 4.78 is 36.1. The van der Waals surface area contributed by atoms with Crippen molar-refractivity contribution in [3.63, 3.8) is 0 Å². The normalized spacial score (nSPS) is 14.7. The molecule has 1 fully saturated rings. The first-order valence-corrected chi connectivity index (χ1v) is 13.4. The lowest BCUT2D eigenvalue weighted by molar-refractivity contribution is -0.385. The van der Waals surface area contributed by atoms with E-state index in [0.717, 1.165) is 33.9 Å². The van der Waals surface area contributed by atoms with E-state index in [0.29, 0.717) is 11.1 Å². The highest BCUT2D eigenvalue weighted by molar-refractivity contribution is 8.18. The molecule has 3 aromatic rings. The van der Waals surface area contributed by atoms with Crippen LogP contribution < -0.4 is 8.92 Å². The molecular formula is C26H22N2O8S2. The summed E-state index contributed by atoms with van der Waals surface area (Å²) in [6.45, 7) is 3.59. The number of carbonyl (C=O) groups excluding carboxylic acids is 2. The molecule has 12 heteroatoms. The van der Waals surface area contributed by atoms with Gasteiger partial charge < -0.3 is 8.92 Å². The highest BCUT2D eigenvalue weighted by Crippen LogP contribution is 2.36. The Bertz CT molecular complexity index is 1580. The molecule has 0 unspecified atom stereocenters. The molecule has 0 N–H and O–H groups in total. The number of hydrogen-bond acceptors (Lipinski definition) is 9. The zero-order valence-corrected chi connectivity index (χ0v) is 22.2. The maximum absolute atomic E-state index is 12.9. The van der Waals surface area contributed by atoms with Crippen molar-refractivity contribution in [2.75, 3.05) is 7.11 Å². The quantitative estimate of drug-likeness (QED) is 0.159. The van der Waals surface area contributed by atoms with Crippen LogP contribution >= 0.6 is 11.8 Å². The third kappa shape index (κ3) is 5.71. The second kappa shape index (κ2) is 10.7. The number of nitrogens with zero attached hydrogens (tertiary/aromatic N) is 2. The number of aryl methyl sites for hydroxylation is 2. The second-order valence-corrected chi connectivity index (χ2v) is 10.9. The van der Waals surface area contributed by atoms with E-state index in [1.165, 1.54) is 50.4 Å². The third-order valence-corrected chi connectivity index (χ3v) is 7.82. The van der Waals surface area contributed by atoms with Crippen LogP contribution in [0.1, 0.15) is 22.3 Å². The average Bonchev–Trinajstić information content (AvgIpc) is 3.13. The van der Waals surface area contributed by atoms with Gasteiger partial charge in [0.15, 0.2) is 11.5 Å². The fourth-order valence-electron chi connectivity index (χ4n) is 3.61. The summed E-state index contributed by atoms with van der Waals surface area (Å²) in [5.41, 5.74) is 2.31. The van der Waals surface area contributed by atoms with Crippen molar-refractivity contribution in [1.29, 1.82) is 0 Å². The molecule has 1 heterocycles. The van der Waals surface area contributed by atoms with E-state index in [4.69, 9.17) is 8.92 Å². The van der Waals surface area contributed by atoms with Gasteiger partial charge in [-0.3, -0.25) is 24.6 Å². The van der Waals surface area contributed by atoms with Gasteiger partial charge in [-0.05, 0) is 61.0 Å². The highest BCUT2D eigenvalue weighted by Gasteiger charge is 2.35. The minimum Gasteiger partial charge on any atom is -0.493 e. The van der Waals surface area contributed by atoms with Crippen LogP contribution in [0.25, 0.3) is 6.08 Å². The molecule has 1 aliphatic rings. The SMILES string of the molecule is COc1cc(/C=C2\SC(=O)N(Cc3ccc(C)cc3)C2=O)ccc1OS(=O)(=O)c1ccc(C)c([N+](=O)[O-])c1. The van der Waals surface area contributed by atoms with E-state index >= 15 is 0 Å². The molecule has 38 heavy (non-hydrogen) atoms. The molecule has 0 saturated carbocycles. The van der Waals surface area contributed by atoms with Crippen molar-refractivity contribution in [2.45, 2.75) is 25.3 Å². The summed E-state index contributed by atoms with van der Waals surface area (Å²) in [7, 11) is -3.11. The predicted octanol–water partition coefficient (Wildman–Crippen LogP) is 5.22.